The third kappa shape index (κ3) is 7.10. The van der Waals surface area contributed by atoms with Crippen LogP contribution in [0.3, 0.4) is 0 Å². The standard InChI is InChI=1S/C25H27Cl2N3O5S2/c1-18-9-11-21(36(32,33)29(2)3)16-23(18)28-25(31)17-30(14-13-19-7-5-4-6-8-19)37(34,35)24-15-20(26)10-12-22(24)27/h4-12,15-16H,13-14,17H2,1-3H3,(H,28,31). The van der Waals surface area contributed by atoms with Crippen LogP contribution in [0.2, 0.25) is 10.0 Å². The van der Waals surface area contributed by atoms with Crippen molar-refractivity contribution in [2.24, 2.45) is 0 Å². The molecule has 0 radical (unpaired) electrons. The lowest BCUT2D eigenvalue weighted by Gasteiger charge is -2.23. The number of rotatable bonds is 10. The summed E-state index contributed by atoms with van der Waals surface area (Å²) < 4.78 is 54.3. The number of halogens is 2. The maximum Gasteiger partial charge on any atom is 0.245 e. The van der Waals surface area contributed by atoms with Crippen molar-refractivity contribution in [1.82, 2.24) is 8.61 Å². The first kappa shape index (κ1) is 29.1. The van der Waals surface area contributed by atoms with E-state index < -0.39 is 32.5 Å². The smallest absolute Gasteiger partial charge is 0.245 e. The molecule has 0 saturated heterocycles. The van der Waals surface area contributed by atoms with Crippen molar-refractivity contribution >= 4 is 54.8 Å². The third-order valence-electron chi connectivity index (χ3n) is 5.59. The summed E-state index contributed by atoms with van der Waals surface area (Å²) in [6, 6.07) is 17.7. The normalized spacial score (nSPS) is 12.2. The Kier molecular flexibility index (Phi) is 9.38. The minimum Gasteiger partial charge on any atom is -0.325 e. The number of nitrogens with one attached hydrogen (secondary N) is 1. The molecular weight excluding hydrogens is 557 g/mol. The Hall–Kier alpha value is -2.47. The summed E-state index contributed by atoms with van der Waals surface area (Å²) in [5.74, 6) is -0.641. The van der Waals surface area contributed by atoms with Crippen LogP contribution < -0.4 is 5.32 Å². The summed E-state index contributed by atoms with van der Waals surface area (Å²) in [5, 5.41) is 2.82. The highest BCUT2D eigenvalue weighted by molar-refractivity contribution is 7.89. The molecule has 0 aliphatic heterocycles. The average molecular weight is 585 g/mol. The van der Waals surface area contributed by atoms with Crippen LogP contribution in [0.4, 0.5) is 5.69 Å². The van der Waals surface area contributed by atoms with Gasteiger partial charge in [-0.1, -0.05) is 59.6 Å². The van der Waals surface area contributed by atoms with Gasteiger partial charge in [0.25, 0.3) is 0 Å². The van der Waals surface area contributed by atoms with Gasteiger partial charge in [0.05, 0.1) is 16.5 Å². The molecule has 3 aromatic rings. The lowest BCUT2D eigenvalue weighted by atomic mass is 10.1. The Labute approximate surface area is 227 Å². The molecular formula is C25H27Cl2N3O5S2. The number of amides is 1. The van der Waals surface area contributed by atoms with Gasteiger partial charge in [0.15, 0.2) is 0 Å². The zero-order chi connectivity index (χ0) is 27.4. The summed E-state index contributed by atoms with van der Waals surface area (Å²) in [7, 11) is -5.13. The van der Waals surface area contributed by atoms with Crippen LogP contribution in [0, 0.1) is 6.92 Å². The molecule has 12 heteroatoms. The number of benzene rings is 3. The molecule has 0 bridgehead atoms. The van der Waals surface area contributed by atoms with Crippen molar-refractivity contribution in [3.8, 4) is 0 Å². The number of hydrogen-bond acceptors (Lipinski definition) is 5. The number of nitrogens with zero attached hydrogens (tertiary/aromatic N) is 2. The van der Waals surface area contributed by atoms with Crippen LogP contribution in [-0.2, 0) is 31.3 Å². The van der Waals surface area contributed by atoms with E-state index in [1.54, 1.807) is 13.0 Å². The van der Waals surface area contributed by atoms with Crippen LogP contribution in [-0.4, -0.2) is 58.5 Å². The largest absolute Gasteiger partial charge is 0.325 e. The van der Waals surface area contributed by atoms with E-state index in [1.165, 1.54) is 44.4 Å². The number of carbonyl (C=O) groups is 1. The first-order valence-electron chi connectivity index (χ1n) is 11.1. The zero-order valence-corrected chi connectivity index (χ0v) is 23.6. The average Bonchev–Trinajstić information content (AvgIpc) is 2.84. The Bertz CT molecular complexity index is 1500. The monoisotopic (exact) mass is 583 g/mol. The molecule has 0 unspecified atom stereocenters. The third-order valence-corrected chi connectivity index (χ3v) is 9.96. The Morgan fingerprint density at radius 3 is 2.22 bits per heavy atom. The number of sulfonamides is 2. The molecule has 198 valence electrons. The van der Waals surface area contributed by atoms with Crippen molar-refractivity contribution in [3.05, 3.63) is 87.9 Å². The second-order valence-corrected chi connectivity index (χ2v) is 13.4. The van der Waals surface area contributed by atoms with Gasteiger partial charge in [0.1, 0.15) is 4.90 Å². The molecule has 0 heterocycles. The topological polar surface area (TPSA) is 104 Å². The summed E-state index contributed by atoms with van der Waals surface area (Å²) in [4.78, 5) is 12.9. The van der Waals surface area contributed by atoms with Gasteiger partial charge < -0.3 is 5.32 Å². The molecule has 0 saturated carbocycles. The van der Waals surface area contributed by atoms with Gasteiger partial charge in [-0.05, 0) is 54.8 Å². The molecule has 0 atom stereocenters. The molecule has 1 N–H and O–H groups in total. The van der Waals surface area contributed by atoms with Crippen molar-refractivity contribution < 1.29 is 21.6 Å². The predicted molar refractivity (Wildman–Crippen MR) is 146 cm³/mol. The lowest BCUT2D eigenvalue weighted by molar-refractivity contribution is -0.116. The number of aryl methyl sites for hydroxylation is 1. The second-order valence-electron chi connectivity index (χ2n) is 8.46. The Morgan fingerprint density at radius 1 is 0.892 bits per heavy atom. The highest BCUT2D eigenvalue weighted by atomic mass is 35.5. The van der Waals surface area contributed by atoms with Crippen molar-refractivity contribution in [3.63, 3.8) is 0 Å². The highest BCUT2D eigenvalue weighted by Crippen LogP contribution is 2.28. The number of carbonyl (C=O) groups excluding carboxylic acids is 1. The zero-order valence-electron chi connectivity index (χ0n) is 20.5. The fourth-order valence-corrected chi connectivity index (χ4v) is 6.52. The van der Waals surface area contributed by atoms with E-state index in [4.69, 9.17) is 23.2 Å². The summed E-state index contributed by atoms with van der Waals surface area (Å²) in [5.41, 5.74) is 1.76. The summed E-state index contributed by atoms with van der Waals surface area (Å²) >= 11 is 12.2. The molecule has 0 fully saturated rings. The van der Waals surface area contributed by atoms with Crippen molar-refractivity contribution in [2.75, 3.05) is 32.5 Å². The minimum atomic E-state index is -4.21. The van der Waals surface area contributed by atoms with E-state index in [9.17, 15) is 21.6 Å². The Balaban J connectivity index is 1.91. The number of anilines is 1. The van der Waals surface area contributed by atoms with E-state index in [2.05, 4.69) is 5.32 Å². The van der Waals surface area contributed by atoms with Crippen molar-refractivity contribution in [2.45, 2.75) is 23.1 Å². The molecule has 37 heavy (non-hydrogen) atoms. The molecule has 1 amide bonds. The van der Waals surface area contributed by atoms with Gasteiger partial charge in [0.2, 0.25) is 26.0 Å². The van der Waals surface area contributed by atoms with Gasteiger partial charge in [-0.2, -0.15) is 4.31 Å². The lowest BCUT2D eigenvalue weighted by Crippen LogP contribution is -2.39. The maximum absolute atomic E-state index is 13.6. The first-order valence-corrected chi connectivity index (χ1v) is 14.8. The molecule has 0 spiro atoms. The van der Waals surface area contributed by atoms with Gasteiger partial charge in [-0.15, -0.1) is 0 Å². The van der Waals surface area contributed by atoms with E-state index in [-0.39, 0.29) is 32.1 Å². The quantitative estimate of drug-likeness (QED) is 0.380. The second kappa shape index (κ2) is 11.9. The highest BCUT2D eigenvalue weighted by Gasteiger charge is 2.29. The van der Waals surface area contributed by atoms with Crippen LogP contribution in [0.25, 0.3) is 0 Å². The van der Waals surface area contributed by atoms with Gasteiger partial charge >= 0.3 is 0 Å². The van der Waals surface area contributed by atoms with E-state index in [0.717, 1.165) is 14.2 Å². The van der Waals surface area contributed by atoms with Gasteiger partial charge in [-0.3, -0.25) is 4.79 Å². The van der Waals surface area contributed by atoms with Crippen molar-refractivity contribution in [1.29, 1.82) is 0 Å². The molecule has 3 aromatic carbocycles. The van der Waals surface area contributed by atoms with E-state index >= 15 is 0 Å². The predicted octanol–water partition coefficient (Wildman–Crippen LogP) is 4.42. The van der Waals surface area contributed by atoms with Crippen LogP contribution in [0.15, 0.2) is 76.5 Å². The van der Waals surface area contributed by atoms with Gasteiger partial charge in [-0.25, -0.2) is 21.1 Å². The fourth-order valence-electron chi connectivity index (χ4n) is 3.45. The van der Waals surface area contributed by atoms with Gasteiger partial charge in [0, 0.05) is 31.4 Å². The summed E-state index contributed by atoms with van der Waals surface area (Å²) in [6.45, 7) is 1.18. The maximum atomic E-state index is 13.6. The number of hydrogen-bond donors (Lipinski definition) is 1. The van der Waals surface area contributed by atoms with Crippen LogP contribution >= 0.6 is 23.2 Å². The minimum absolute atomic E-state index is 0.00216. The molecule has 0 aliphatic carbocycles. The fraction of sp³-hybridized carbons (Fsp3) is 0.240. The molecule has 8 nitrogen and oxygen atoms in total. The first-order chi connectivity index (χ1) is 17.3. The van der Waals surface area contributed by atoms with E-state index in [1.807, 2.05) is 30.3 Å². The molecule has 0 aliphatic rings. The molecule has 3 rings (SSSR count). The summed E-state index contributed by atoms with van der Waals surface area (Å²) in [6.07, 6.45) is 0.348. The van der Waals surface area contributed by atoms with Crippen LogP contribution in [0.1, 0.15) is 11.1 Å². The van der Waals surface area contributed by atoms with Crippen LogP contribution in [0.5, 0.6) is 0 Å². The molecule has 0 aromatic heterocycles. The Morgan fingerprint density at radius 2 is 1.57 bits per heavy atom. The SMILES string of the molecule is Cc1ccc(S(=O)(=O)N(C)C)cc1NC(=O)CN(CCc1ccccc1)S(=O)(=O)c1cc(Cl)ccc1Cl. The van der Waals surface area contributed by atoms with E-state index in [0.29, 0.717) is 12.0 Å².